The van der Waals surface area contributed by atoms with Crippen molar-refractivity contribution in [2.75, 3.05) is 6.61 Å². The number of hydrogen-bond acceptors (Lipinski definition) is 5. The number of carbonyl (C=O) groups is 4. The Morgan fingerprint density at radius 3 is 2.46 bits per heavy atom. The number of carbonyl (C=O) groups excluding carboxylic acids is 4. The molecule has 1 saturated heterocycles. The van der Waals surface area contributed by atoms with Crippen LogP contribution in [0.15, 0.2) is 30.3 Å². The molecule has 2 amide bonds. The summed E-state index contributed by atoms with van der Waals surface area (Å²) < 4.78 is 5.01. The van der Waals surface area contributed by atoms with Gasteiger partial charge >= 0.3 is 6.09 Å². The number of amides is 2. The third-order valence-electron chi connectivity index (χ3n) is 4.09. The zero-order chi connectivity index (χ0) is 17.7. The van der Waals surface area contributed by atoms with E-state index in [0.717, 1.165) is 10.5 Å². The van der Waals surface area contributed by atoms with Crippen LogP contribution < -0.4 is 0 Å². The highest BCUT2D eigenvalue weighted by atomic mass is 16.6. The highest BCUT2D eigenvalue weighted by Gasteiger charge is 2.41. The van der Waals surface area contributed by atoms with Crippen molar-refractivity contribution in [1.29, 1.82) is 0 Å². The normalized spacial score (nSPS) is 18.2. The average molecular weight is 331 g/mol. The zero-order valence-electron chi connectivity index (χ0n) is 13.9. The zero-order valence-corrected chi connectivity index (χ0v) is 13.9. The Balaban J connectivity index is 2.15. The summed E-state index contributed by atoms with van der Waals surface area (Å²) in [4.78, 5) is 48.7. The molecule has 1 fully saturated rings. The van der Waals surface area contributed by atoms with Crippen LogP contribution in [-0.4, -0.2) is 41.1 Å². The Morgan fingerprint density at radius 2 is 1.88 bits per heavy atom. The molecule has 1 aliphatic heterocycles. The first kappa shape index (κ1) is 17.8. The van der Waals surface area contributed by atoms with Crippen LogP contribution in [0.1, 0.15) is 32.3 Å². The van der Waals surface area contributed by atoms with Gasteiger partial charge in [-0.25, -0.2) is 9.69 Å². The van der Waals surface area contributed by atoms with Gasteiger partial charge in [0, 0.05) is 6.42 Å². The molecule has 0 unspecified atom stereocenters. The van der Waals surface area contributed by atoms with Crippen molar-refractivity contribution in [2.24, 2.45) is 5.92 Å². The van der Waals surface area contributed by atoms with Gasteiger partial charge in [-0.2, -0.15) is 0 Å². The van der Waals surface area contributed by atoms with Crippen LogP contribution >= 0.6 is 0 Å². The van der Waals surface area contributed by atoms with E-state index in [0.29, 0.717) is 6.42 Å². The fraction of sp³-hybridized carbons (Fsp3) is 0.444. The lowest BCUT2D eigenvalue weighted by Crippen LogP contribution is -2.45. The van der Waals surface area contributed by atoms with Crippen molar-refractivity contribution in [3.8, 4) is 0 Å². The lowest BCUT2D eigenvalue weighted by molar-refractivity contribution is -0.139. The van der Waals surface area contributed by atoms with E-state index in [9.17, 15) is 19.2 Å². The number of benzene rings is 1. The molecule has 2 atom stereocenters. The Kier molecular flexibility index (Phi) is 5.84. The van der Waals surface area contributed by atoms with Crippen molar-refractivity contribution in [3.05, 3.63) is 35.9 Å². The van der Waals surface area contributed by atoms with Gasteiger partial charge in [-0.3, -0.25) is 9.59 Å². The van der Waals surface area contributed by atoms with Crippen LogP contribution in [0.5, 0.6) is 0 Å². The molecular formula is C18H21NO5. The monoisotopic (exact) mass is 331 g/mol. The standard InChI is InChI=1S/C18H21NO5/c1-12(20)8-9-16(13(2)21)17(22)19-15(11-24-18(19)23)10-14-6-4-3-5-7-14/h3-7,15-16H,8-11H2,1-2H3/t15-,16-/m0/s1. The molecule has 1 aromatic carbocycles. The quantitative estimate of drug-likeness (QED) is 0.715. The fourth-order valence-electron chi connectivity index (χ4n) is 2.78. The van der Waals surface area contributed by atoms with Crippen molar-refractivity contribution in [2.45, 2.75) is 39.2 Å². The van der Waals surface area contributed by atoms with Gasteiger partial charge in [0.05, 0.1) is 12.0 Å². The molecule has 0 saturated carbocycles. The van der Waals surface area contributed by atoms with E-state index in [1.165, 1.54) is 13.8 Å². The first-order valence-electron chi connectivity index (χ1n) is 7.93. The third-order valence-corrected chi connectivity index (χ3v) is 4.09. The molecule has 2 rings (SSSR count). The topological polar surface area (TPSA) is 80.8 Å². The summed E-state index contributed by atoms with van der Waals surface area (Å²) in [7, 11) is 0. The van der Waals surface area contributed by atoms with E-state index in [1.807, 2.05) is 30.3 Å². The van der Waals surface area contributed by atoms with Crippen molar-refractivity contribution in [3.63, 3.8) is 0 Å². The molecule has 128 valence electrons. The summed E-state index contributed by atoms with van der Waals surface area (Å²) in [6.07, 6.45) is -0.0153. The first-order valence-corrected chi connectivity index (χ1v) is 7.93. The van der Waals surface area contributed by atoms with Gasteiger partial charge < -0.3 is 9.53 Å². The molecule has 0 N–H and O–H groups in total. The van der Waals surface area contributed by atoms with Crippen LogP contribution in [0.2, 0.25) is 0 Å². The Hall–Kier alpha value is -2.50. The van der Waals surface area contributed by atoms with Crippen LogP contribution in [0.3, 0.4) is 0 Å². The molecule has 1 aromatic rings. The molecule has 0 aromatic heterocycles. The van der Waals surface area contributed by atoms with E-state index in [2.05, 4.69) is 0 Å². The van der Waals surface area contributed by atoms with E-state index in [-0.39, 0.29) is 31.0 Å². The maximum Gasteiger partial charge on any atom is 0.417 e. The summed E-state index contributed by atoms with van der Waals surface area (Å²) in [5.74, 6) is -2.01. The third kappa shape index (κ3) is 4.28. The summed E-state index contributed by atoms with van der Waals surface area (Å²) in [5.41, 5.74) is 0.974. The highest BCUT2D eigenvalue weighted by Crippen LogP contribution is 2.22. The SMILES string of the molecule is CC(=O)CC[C@@H](C(C)=O)C(=O)N1C(=O)OC[C@@H]1Cc1ccccc1. The minimum Gasteiger partial charge on any atom is -0.447 e. The summed E-state index contributed by atoms with van der Waals surface area (Å²) >= 11 is 0. The first-order chi connectivity index (χ1) is 11.4. The molecule has 24 heavy (non-hydrogen) atoms. The minimum absolute atomic E-state index is 0.0983. The molecule has 6 heteroatoms. The van der Waals surface area contributed by atoms with Crippen LogP contribution in [0.25, 0.3) is 0 Å². The van der Waals surface area contributed by atoms with Crippen LogP contribution in [0.4, 0.5) is 4.79 Å². The summed E-state index contributed by atoms with van der Waals surface area (Å²) in [5, 5.41) is 0. The maximum atomic E-state index is 12.7. The predicted octanol–water partition coefficient (Wildman–Crippen LogP) is 2.15. The molecule has 1 heterocycles. The van der Waals surface area contributed by atoms with E-state index in [4.69, 9.17) is 4.74 Å². The van der Waals surface area contributed by atoms with Crippen LogP contribution in [-0.2, 0) is 25.5 Å². The van der Waals surface area contributed by atoms with Gasteiger partial charge in [-0.05, 0) is 32.3 Å². The highest BCUT2D eigenvalue weighted by molar-refractivity contribution is 6.06. The fourth-order valence-corrected chi connectivity index (χ4v) is 2.78. The van der Waals surface area contributed by atoms with Gasteiger partial charge in [-0.15, -0.1) is 0 Å². The molecule has 1 aliphatic rings. The number of cyclic esters (lactones) is 1. The predicted molar refractivity (Wildman–Crippen MR) is 86.2 cm³/mol. The second-order valence-electron chi connectivity index (χ2n) is 6.03. The molecule has 0 bridgehead atoms. The van der Waals surface area contributed by atoms with Crippen molar-refractivity contribution < 1.29 is 23.9 Å². The van der Waals surface area contributed by atoms with Gasteiger partial charge in [-0.1, -0.05) is 30.3 Å². The molecule has 0 radical (unpaired) electrons. The number of imide groups is 1. The van der Waals surface area contributed by atoms with Crippen molar-refractivity contribution >= 4 is 23.6 Å². The second-order valence-corrected chi connectivity index (χ2v) is 6.03. The van der Waals surface area contributed by atoms with Gasteiger partial charge in [0.1, 0.15) is 18.2 Å². The smallest absolute Gasteiger partial charge is 0.417 e. The molecular weight excluding hydrogens is 310 g/mol. The maximum absolute atomic E-state index is 12.7. The number of ketones is 2. The van der Waals surface area contributed by atoms with E-state index in [1.54, 1.807) is 0 Å². The van der Waals surface area contributed by atoms with Gasteiger partial charge in [0.2, 0.25) is 5.91 Å². The van der Waals surface area contributed by atoms with E-state index >= 15 is 0 Å². The molecule has 0 spiro atoms. The second kappa shape index (κ2) is 7.86. The lowest BCUT2D eigenvalue weighted by atomic mass is 9.95. The Morgan fingerprint density at radius 1 is 1.21 bits per heavy atom. The number of nitrogens with zero attached hydrogens (tertiary/aromatic N) is 1. The number of rotatable bonds is 7. The lowest BCUT2D eigenvalue weighted by Gasteiger charge is -2.23. The summed E-state index contributed by atoms with van der Waals surface area (Å²) in [6.45, 7) is 2.82. The van der Waals surface area contributed by atoms with E-state index < -0.39 is 24.0 Å². The Labute approximate surface area is 140 Å². The number of Topliss-reactive ketones (excluding diaryl/α,β-unsaturated/α-hetero) is 2. The van der Waals surface area contributed by atoms with Crippen molar-refractivity contribution in [1.82, 2.24) is 4.90 Å². The van der Waals surface area contributed by atoms with Gasteiger partial charge in [0.25, 0.3) is 0 Å². The van der Waals surface area contributed by atoms with Crippen LogP contribution in [0, 0.1) is 5.92 Å². The number of ether oxygens (including phenoxy) is 1. The largest absolute Gasteiger partial charge is 0.447 e. The van der Waals surface area contributed by atoms with Gasteiger partial charge in [0.15, 0.2) is 0 Å². The number of hydrogen-bond donors (Lipinski definition) is 0. The average Bonchev–Trinajstić information content (AvgIpc) is 2.88. The molecule has 6 nitrogen and oxygen atoms in total. The minimum atomic E-state index is -0.988. The summed E-state index contributed by atoms with van der Waals surface area (Å²) in [6, 6.07) is 9.02. The Bertz CT molecular complexity index is 640. The molecule has 0 aliphatic carbocycles.